The summed E-state index contributed by atoms with van der Waals surface area (Å²) < 4.78 is 10.2. The van der Waals surface area contributed by atoms with E-state index in [2.05, 4.69) is 0 Å². The number of hydrogen-bond donors (Lipinski definition) is 0. The summed E-state index contributed by atoms with van der Waals surface area (Å²) in [6.07, 6.45) is -0.912. The first-order valence-electron chi connectivity index (χ1n) is 5.40. The third kappa shape index (κ3) is 2.16. The van der Waals surface area contributed by atoms with Crippen LogP contribution in [0.2, 0.25) is 0 Å². The molecular formula is C13H14O4. The number of carbonyl (C=O) groups is 2. The van der Waals surface area contributed by atoms with Crippen LogP contribution in [0.15, 0.2) is 24.3 Å². The van der Waals surface area contributed by atoms with Gasteiger partial charge < -0.3 is 9.47 Å². The van der Waals surface area contributed by atoms with E-state index in [9.17, 15) is 9.59 Å². The average Bonchev–Trinajstić information content (AvgIpc) is 2.56. The highest BCUT2D eigenvalue weighted by Crippen LogP contribution is 2.33. The van der Waals surface area contributed by atoms with Crippen LogP contribution in [0.25, 0.3) is 0 Å². The zero-order valence-electron chi connectivity index (χ0n) is 10.0. The SMILES string of the molecule is CC(C)(C)C(=O)OC1OC(=O)c2ccccc21. The van der Waals surface area contributed by atoms with E-state index in [0.29, 0.717) is 11.1 Å². The van der Waals surface area contributed by atoms with Gasteiger partial charge in [0.25, 0.3) is 6.29 Å². The minimum atomic E-state index is -0.912. The van der Waals surface area contributed by atoms with Gasteiger partial charge in [-0.15, -0.1) is 0 Å². The number of benzene rings is 1. The molecule has 0 bridgehead atoms. The van der Waals surface area contributed by atoms with Gasteiger partial charge in [-0.2, -0.15) is 0 Å². The van der Waals surface area contributed by atoms with Crippen LogP contribution in [-0.2, 0) is 14.3 Å². The predicted octanol–water partition coefficient (Wildman–Crippen LogP) is 2.44. The normalized spacial score (nSPS) is 18.5. The van der Waals surface area contributed by atoms with Gasteiger partial charge in [0.15, 0.2) is 0 Å². The Balaban J connectivity index is 2.21. The van der Waals surface area contributed by atoms with Gasteiger partial charge in [-0.3, -0.25) is 4.79 Å². The fourth-order valence-corrected chi connectivity index (χ4v) is 1.47. The summed E-state index contributed by atoms with van der Waals surface area (Å²) in [5.74, 6) is -0.848. The smallest absolute Gasteiger partial charge is 0.342 e. The van der Waals surface area contributed by atoms with E-state index in [1.165, 1.54) is 0 Å². The van der Waals surface area contributed by atoms with Gasteiger partial charge in [-0.1, -0.05) is 18.2 Å². The lowest BCUT2D eigenvalue weighted by Gasteiger charge is -2.19. The van der Waals surface area contributed by atoms with Gasteiger partial charge in [0.2, 0.25) is 0 Å². The van der Waals surface area contributed by atoms with Gasteiger partial charge in [0.05, 0.1) is 11.0 Å². The quantitative estimate of drug-likeness (QED) is 0.700. The van der Waals surface area contributed by atoms with Crippen LogP contribution < -0.4 is 0 Å². The Morgan fingerprint density at radius 2 is 1.94 bits per heavy atom. The summed E-state index contributed by atoms with van der Waals surface area (Å²) in [6, 6.07) is 6.90. The molecule has 0 spiro atoms. The first kappa shape index (κ1) is 11.6. The summed E-state index contributed by atoms with van der Waals surface area (Å²) in [4.78, 5) is 23.2. The van der Waals surface area contributed by atoms with Crippen LogP contribution >= 0.6 is 0 Å². The molecule has 1 aromatic rings. The minimum Gasteiger partial charge on any atom is -0.420 e. The van der Waals surface area contributed by atoms with Crippen molar-refractivity contribution in [1.29, 1.82) is 0 Å². The molecular weight excluding hydrogens is 220 g/mol. The third-order valence-electron chi connectivity index (χ3n) is 2.48. The molecule has 1 heterocycles. The van der Waals surface area contributed by atoms with Gasteiger partial charge >= 0.3 is 11.9 Å². The molecule has 0 saturated heterocycles. The Hall–Kier alpha value is -1.84. The lowest BCUT2D eigenvalue weighted by atomic mass is 9.97. The summed E-state index contributed by atoms with van der Waals surface area (Å²) in [5, 5.41) is 0. The molecule has 4 nitrogen and oxygen atoms in total. The molecule has 1 unspecified atom stereocenters. The van der Waals surface area contributed by atoms with Crippen molar-refractivity contribution >= 4 is 11.9 Å². The molecule has 0 N–H and O–H groups in total. The van der Waals surface area contributed by atoms with Gasteiger partial charge in [-0.25, -0.2) is 4.79 Å². The zero-order valence-corrected chi connectivity index (χ0v) is 10.0. The van der Waals surface area contributed by atoms with Crippen molar-refractivity contribution < 1.29 is 19.1 Å². The molecule has 0 saturated carbocycles. The first-order valence-corrected chi connectivity index (χ1v) is 5.40. The minimum absolute atomic E-state index is 0.396. The van der Waals surface area contributed by atoms with E-state index >= 15 is 0 Å². The second-order valence-corrected chi connectivity index (χ2v) is 4.98. The van der Waals surface area contributed by atoms with E-state index in [-0.39, 0.29) is 0 Å². The highest BCUT2D eigenvalue weighted by molar-refractivity contribution is 5.94. The number of hydrogen-bond acceptors (Lipinski definition) is 4. The molecule has 0 aliphatic carbocycles. The van der Waals surface area contributed by atoms with Crippen LogP contribution in [0.5, 0.6) is 0 Å². The van der Waals surface area contributed by atoms with Crippen molar-refractivity contribution in [2.24, 2.45) is 5.41 Å². The van der Waals surface area contributed by atoms with E-state index < -0.39 is 23.6 Å². The molecule has 90 valence electrons. The molecule has 0 amide bonds. The number of cyclic esters (lactones) is 1. The summed E-state index contributed by atoms with van der Waals surface area (Å²) >= 11 is 0. The van der Waals surface area contributed by atoms with Crippen LogP contribution in [0.1, 0.15) is 43.0 Å². The van der Waals surface area contributed by atoms with Crippen LogP contribution in [0.3, 0.4) is 0 Å². The second kappa shape index (κ2) is 3.87. The number of rotatable bonds is 1. The maximum atomic E-state index is 11.7. The van der Waals surface area contributed by atoms with Crippen molar-refractivity contribution in [3.05, 3.63) is 35.4 Å². The Morgan fingerprint density at radius 1 is 1.29 bits per heavy atom. The van der Waals surface area contributed by atoms with Gasteiger partial charge in [-0.05, 0) is 26.8 Å². The highest BCUT2D eigenvalue weighted by Gasteiger charge is 2.35. The Bertz CT molecular complexity index is 471. The largest absolute Gasteiger partial charge is 0.420 e. The summed E-state index contributed by atoms with van der Waals surface area (Å²) in [5.41, 5.74) is 0.443. The van der Waals surface area contributed by atoms with Gasteiger partial charge in [0.1, 0.15) is 0 Å². The molecule has 1 aliphatic heterocycles. The van der Waals surface area contributed by atoms with E-state index in [0.717, 1.165) is 0 Å². The topological polar surface area (TPSA) is 52.6 Å². The summed E-state index contributed by atoms with van der Waals surface area (Å²) in [6.45, 7) is 5.24. The van der Waals surface area contributed by atoms with Gasteiger partial charge in [0, 0.05) is 5.56 Å². The van der Waals surface area contributed by atoms with Crippen molar-refractivity contribution in [2.45, 2.75) is 27.1 Å². The third-order valence-corrected chi connectivity index (χ3v) is 2.48. The predicted molar refractivity (Wildman–Crippen MR) is 60.1 cm³/mol. The number of fused-ring (bicyclic) bond motifs is 1. The molecule has 0 aromatic heterocycles. The molecule has 1 aliphatic rings. The Morgan fingerprint density at radius 3 is 2.59 bits per heavy atom. The average molecular weight is 234 g/mol. The monoisotopic (exact) mass is 234 g/mol. The van der Waals surface area contributed by atoms with Crippen LogP contribution in [-0.4, -0.2) is 11.9 Å². The molecule has 4 heteroatoms. The molecule has 0 radical (unpaired) electrons. The Kier molecular flexibility index (Phi) is 2.65. The molecule has 0 fully saturated rings. The Labute approximate surface area is 99.5 Å². The number of esters is 2. The van der Waals surface area contributed by atoms with E-state index in [1.807, 2.05) is 0 Å². The fraction of sp³-hybridized carbons (Fsp3) is 0.385. The van der Waals surface area contributed by atoms with Crippen LogP contribution in [0, 0.1) is 5.41 Å². The molecule has 1 atom stereocenters. The fourth-order valence-electron chi connectivity index (χ4n) is 1.47. The lowest BCUT2D eigenvalue weighted by molar-refractivity contribution is -0.177. The van der Waals surface area contributed by atoms with Crippen LogP contribution in [0.4, 0.5) is 0 Å². The number of ether oxygens (including phenoxy) is 2. The molecule has 17 heavy (non-hydrogen) atoms. The van der Waals surface area contributed by atoms with Crippen molar-refractivity contribution in [3.8, 4) is 0 Å². The van der Waals surface area contributed by atoms with Crippen molar-refractivity contribution in [1.82, 2.24) is 0 Å². The van der Waals surface area contributed by atoms with E-state index in [4.69, 9.17) is 9.47 Å². The molecule has 2 rings (SSSR count). The number of carbonyl (C=O) groups excluding carboxylic acids is 2. The van der Waals surface area contributed by atoms with Crippen molar-refractivity contribution in [2.75, 3.05) is 0 Å². The highest BCUT2D eigenvalue weighted by atomic mass is 16.7. The lowest BCUT2D eigenvalue weighted by Crippen LogP contribution is -2.25. The molecule has 1 aromatic carbocycles. The van der Waals surface area contributed by atoms with Crippen molar-refractivity contribution in [3.63, 3.8) is 0 Å². The first-order chi connectivity index (χ1) is 7.89. The zero-order chi connectivity index (χ0) is 12.6. The maximum Gasteiger partial charge on any atom is 0.342 e. The van der Waals surface area contributed by atoms with E-state index in [1.54, 1.807) is 45.0 Å². The maximum absolute atomic E-state index is 11.7. The second-order valence-electron chi connectivity index (χ2n) is 4.98. The summed E-state index contributed by atoms with van der Waals surface area (Å²) in [7, 11) is 0. The standard InChI is InChI=1S/C13H14O4/c1-13(2,3)12(15)17-11-9-7-5-4-6-8(9)10(14)16-11/h4-7,11H,1-3H3.